The molecule has 0 bridgehead atoms. The second-order valence-electron chi connectivity index (χ2n) is 3.77. The van der Waals surface area contributed by atoms with Gasteiger partial charge in [0.05, 0.1) is 25.0 Å². The van der Waals surface area contributed by atoms with Crippen molar-refractivity contribution < 1.29 is 14.3 Å². The van der Waals surface area contributed by atoms with Crippen molar-refractivity contribution in [2.45, 2.75) is 33.6 Å². The fourth-order valence-electron chi connectivity index (χ4n) is 1.38. The van der Waals surface area contributed by atoms with Gasteiger partial charge in [-0.25, -0.2) is 0 Å². The highest BCUT2D eigenvalue weighted by Crippen LogP contribution is 2.04. The Morgan fingerprint density at radius 1 is 1.35 bits per heavy atom. The number of rotatable bonds is 7. The molecule has 0 N–H and O–H groups in total. The van der Waals surface area contributed by atoms with Crippen molar-refractivity contribution in [3.63, 3.8) is 0 Å². The standard InChI is InChI=1S/C12H20N2O3/c1-4-14(9-10(3)8-13)11(15)6-7-12(16)17-5-2/h10H,4-7,9H2,1-3H3. The lowest BCUT2D eigenvalue weighted by atomic mass is 10.2. The number of ether oxygens (including phenoxy) is 1. The van der Waals surface area contributed by atoms with E-state index < -0.39 is 0 Å². The van der Waals surface area contributed by atoms with Gasteiger partial charge in [-0.3, -0.25) is 9.59 Å². The maximum atomic E-state index is 11.7. The molecule has 1 unspecified atom stereocenters. The van der Waals surface area contributed by atoms with Crippen LogP contribution in [0.4, 0.5) is 0 Å². The van der Waals surface area contributed by atoms with E-state index in [1.54, 1.807) is 18.7 Å². The molecule has 0 spiro atoms. The van der Waals surface area contributed by atoms with Gasteiger partial charge in [0.2, 0.25) is 5.91 Å². The largest absolute Gasteiger partial charge is 0.466 e. The Bertz CT molecular complexity index is 297. The van der Waals surface area contributed by atoms with E-state index in [9.17, 15) is 9.59 Å². The highest BCUT2D eigenvalue weighted by molar-refractivity contribution is 5.81. The molecular formula is C12H20N2O3. The number of carbonyl (C=O) groups is 2. The Morgan fingerprint density at radius 3 is 2.47 bits per heavy atom. The number of amides is 1. The lowest BCUT2D eigenvalue weighted by molar-refractivity contribution is -0.145. The van der Waals surface area contributed by atoms with E-state index in [0.717, 1.165) is 0 Å². The molecule has 1 atom stereocenters. The molecule has 5 heteroatoms. The van der Waals surface area contributed by atoms with E-state index in [1.165, 1.54) is 0 Å². The molecule has 17 heavy (non-hydrogen) atoms. The molecule has 0 aliphatic heterocycles. The molecule has 0 radical (unpaired) electrons. The maximum absolute atomic E-state index is 11.7. The number of hydrogen-bond donors (Lipinski definition) is 0. The second-order valence-corrected chi connectivity index (χ2v) is 3.77. The summed E-state index contributed by atoms with van der Waals surface area (Å²) >= 11 is 0. The third-order valence-corrected chi connectivity index (χ3v) is 2.30. The molecule has 0 saturated carbocycles. The van der Waals surface area contributed by atoms with Crippen LogP contribution in [-0.2, 0) is 14.3 Å². The predicted molar refractivity (Wildman–Crippen MR) is 62.9 cm³/mol. The Hall–Kier alpha value is -1.57. The lowest BCUT2D eigenvalue weighted by Gasteiger charge is -2.21. The molecule has 0 aromatic heterocycles. The zero-order chi connectivity index (χ0) is 13.3. The monoisotopic (exact) mass is 240 g/mol. The molecule has 0 aromatic rings. The summed E-state index contributed by atoms with van der Waals surface area (Å²) in [5.74, 6) is -0.658. The first-order chi connectivity index (χ1) is 8.04. The summed E-state index contributed by atoms with van der Waals surface area (Å²) in [4.78, 5) is 24.4. The van der Waals surface area contributed by atoms with Crippen LogP contribution in [0.25, 0.3) is 0 Å². The summed E-state index contributed by atoms with van der Waals surface area (Å²) in [5, 5.41) is 8.69. The SMILES string of the molecule is CCOC(=O)CCC(=O)N(CC)CC(C)C#N. The van der Waals surface area contributed by atoms with E-state index in [2.05, 4.69) is 6.07 Å². The normalized spacial score (nSPS) is 11.4. The topological polar surface area (TPSA) is 70.4 Å². The van der Waals surface area contributed by atoms with Gasteiger partial charge in [0.15, 0.2) is 0 Å². The summed E-state index contributed by atoms with van der Waals surface area (Å²) in [6, 6.07) is 2.08. The molecule has 0 aliphatic carbocycles. The summed E-state index contributed by atoms with van der Waals surface area (Å²) in [6.45, 7) is 6.64. The number of nitrogens with zero attached hydrogens (tertiary/aromatic N) is 2. The van der Waals surface area contributed by atoms with Crippen LogP contribution in [0.15, 0.2) is 0 Å². The van der Waals surface area contributed by atoms with Gasteiger partial charge in [0.25, 0.3) is 0 Å². The van der Waals surface area contributed by atoms with Gasteiger partial charge >= 0.3 is 5.97 Å². The van der Waals surface area contributed by atoms with Crippen molar-refractivity contribution in [1.82, 2.24) is 4.90 Å². The maximum Gasteiger partial charge on any atom is 0.306 e. The van der Waals surface area contributed by atoms with Gasteiger partial charge in [0, 0.05) is 19.5 Å². The minimum absolute atomic E-state index is 0.101. The van der Waals surface area contributed by atoms with Crippen molar-refractivity contribution >= 4 is 11.9 Å². The van der Waals surface area contributed by atoms with Crippen LogP contribution in [0.3, 0.4) is 0 Å². The molecular weight excluding hydrogens is 220 g/mol. The zero-order valence-electron chi connectivity index (χ0n) is 10.7. The van der Waals surface area contributed by atoms with Gasteiger partial charge in [-0.2, -0.15) is 5.26 Å². The second kappa shape index (κ2) is 8.57. The number of esters is 1. The van der Waals surface area contributed by atoms with Crippen molar-refractivity contribution in [3.05, 3.63) is 0 Å². The number of nitriles is 1. The summed E-state index contributed by atoms with van der Waals surface area (Å²) in [6.07, 6.45) is 0.245. The molecule has 0 rings (SSSR count). The third kappa shape index (κ3) is 6.56. The molecule has 5 nitrogen and oxygen atoms in total. The van der Waals surface area contributed by atoms with Crippen molar-refractivity contribution in [2.75, 3.05) is 19.7 Å². The van der Waals surface area contributed by atoms with Crippen LogP contribution in [0.2, 0.25) is 0 Å². The van der Waals surface area contributed by atoms with E-state index >= 15 is 0 Å². The molecule has 0 aliphatic rings. The minimum Gasteiger partial charge on any atom is -0.466 e. The van der Waals surface area contributed by atoms with Crippen LogP contribution in [0.5, 0.6) is 0 Å². The Balaban J connectivity index is 4.09. The van der Waals surface area contributed by atoms with Gasteiger partial charge in [0.1, 0.15) is 0 Å². The van der Waals surface area contributed by atoms with Crippen molar-refractivity contribution in [3.8, 4) is 6.07 Å². The molecule has 0 fully saturated rings. The lowest BCUT2D eigenvalue weighted by Crippen LogP contribution is -2.34. The third-order valence-electron chi connectivity index (χ3n) is 2.30. The fourth-order valence-corrected chi connectivity index (χ4v) is 1.38. The summed E-state index contributed by atoms with van der Waals surface area (Å²) < 4.78 is 4.75. The first kappa shape index (κ1) is 15.4. The summed E-state index contributed by atoms with van der Waals surface area (Å²) in [5.41, 5.74) is 0. The number of carbonyl (C=O) groups excluding carboxylic acids is 2. The van der Waals surface area contributed by atoms with Crippen LogP contribution in [0, 0.1) is 17.2 Å². The van der Waals surface area contributed by atoms with E-state index in [1.807, 2.05) is 6.92 Å². The predicted octanol–water partition coefficient (Wildman–Crippen LogP) is 1.34. The van der Waals surface area contributed by atoms with Gasteiger partial charge in [-0.15, -0.1) is 0 Å². The molecule has 96 valence electrons. The average molecular weight is 240 g/mol. The Labute approximate surface area is 102 Å². The quantitative estimate of drug-likeness (QED) is 0.629. The Morgan fingerprint density at radius 2 is 2.00 bits per heavy atom. The number of hydrogen-bond acceptors (Lipinski definition) is 4. The van der Waals surface area contributed by atoms with Gasteiger partial charge in [-0.1, -0.05) is 0 Å². The van der Waals surface area contributed by atoms with E-state index in [0.29, 0.717) is 19.7 Å². The molecule has 1 amide bonds. The van der Waals surface area contributed by atoms with Crippen LogP contribution in [-0.4, -0.2) is 36.5 Å². The first-order valence-electron chi connectivity index (χ1n) is 5.88. The molecule has 0 heterocycles. The van der Waals surface area contributed by atoms with Gasteiger partial charge < -0.3 is 9.64 Å². The van der Waals surface area contributed by atoms with Gasteiger partial charge in [-0.05, 0) is 20.8 Å². The van der Waals surface area contributed by atoms with E-state index in [-0.39, 0.29) is 30.6 Å². The fraction of sp³-hybridized carbons (Fsp3) is 0.750. The van der Waals surface area contributed by atoms with Crippen LogP contribution in [0.1, 0.15) is 33.6 Å². The molecule has 0 aromatic carbocycles. The summed E-state index contributed by atoms with van der Waals surface area (Å²) in [7, 11) is 0. The zero-order valence-corrected chi connectivity index (χ0v) is 10.7. The average Bonchev–Trinajstić information content (AvgIpc) is 2.32. The highest BCUT2D eigenvalue weighted by atomic mass is 16.5. The first-order valence-corrected chi connectivity index (χ1v) is 5.88. The smallest absolute Gasteiger partial charge is 0.306 e. The molecule has 0 saturated heterocycles. The Kier molecular flexibility index (Phi) is 7.78. The van der Waals surface area contributed by atoms with Crippen LogP contribution < -0.4 is 0 Å². The highest BCUT2D eigenvalue weighted by Gasteiger charge is 2.16. The van der Waals surface area contributed by atoms with Crippen molar-refractivity contribution in [2.24, 2.45) is 5.92 Å². The van der Waals surface area contributed by atoms with Crippen LogP contribution >= 0.6 is 0 Å². The van der Waals surface area contributed by atoms with E-state index in [4.69, 9.17) is 10.00 Å². The minimum atomic E-state index is -0.356. The van der Waals surface area contributed by atoms with Crippen molar-refractivity contribution in [1.29, 1.82) is 5.26 Å².